The molecule has 0 bridgehead atoms. The lowest BCUT2D eigenvalue weighted by atomic mass is 9.79. The SMILES string of the molecule is CC1(c2c[nH]nn2)CN(C(=O)/C=C/c2cnc(NC3Cc4ccccc4C3)nc2)C1. The summed E-state index contributed by atoms with van der Waals surface area (Å²) < 4.78 is 0. The largest absolute Gasteiger partial charge is 0.351 e. The van der Waals surface area contributed by atoms with Crippen LogP contribution in [-0.2, 0) is 23.1 Å². The average molecular weight is 401 g/mol. The maximum atomic E-state index is 12.4. The van der Waals surface area contributed by atoms with Crippen molar-refractivity contribution in [3.63, 3.8) is 0 Å². The third-order valence-electron chi connectivity index (χ3n) is 5.90. The van der Waals surface area contributed by atoms with Gasteiger partial charge in [-0.1, -0.05) is 36.4 Å². The van der Waals surface area contributed by atoms with E-state index in [2.05, 4.69) is 61.9 Å². The number of carbonyl (C=O) groups is 1. The second-order valence-corrected chi connectivity index (χ2v) is 8.31. The highest BCUT2D eigenvalue weighted by atomic mass is 16.2. The summed E-state index contributed by atoms with van der Waals surface area (Å²) in [4.78, 5) is 23.0. The zero-order chi connectivity index (χ0) is 20.6. The van der Waals surface area contributed by atoms with E-state index < -0.39 is 0 Å². The zero-order valence-corrected chi connectivity index (χ0v) is 16.7. The first-order valence-corrected chi connectivity index (χ1v) is 10.1. The van der Waals surface area contributed by atoms with Gasteiger partial charge in [-0.05, 0) is 30.0 Å². The number of H-pyrrole nitrogens is 1. The lowest BCUT2D eigenvalue weighted by Gasteiger charge is -2.46. The van der Waals surface area contributed by atoms with Crippen molar-refractivity contribution in [3.8, 4) is 0 Å². The number of rotatable bonds is 5. The molecule has 1 amide bonds. The standard InChI is InChI=1S/C22H23N7O/c1-22(19-12-25-28-27-19)13-29(14-22)20(30)7-6-15-10-23-21(24-11-15)26-18-8-16-4-2-3-5-17(16)9-18/h2-7,10-12,18H,8-9,13-14H2,1H3,(H,23,24,26)(H,25,27,28)/b7-6+. The number of nitrogens with zero attached hydrogens (tertiary/aromatic N) is 5. The van der Waals surface area contributed by atoms with E-state index in [0.717, 1.165) is 24.1 Å². The lowest BCUT2D eigenvalue weighted by Crippen LogP contribution is -2.59. The van der Waals surface area contributed by atoms with Gasteiger partial charge in [0.1, 0.15) is 0 Å². The molecule has 0 atom stereocenters. The maximum absolute atomic E-state index is 12.4. The molecule has 0 radical (unpaired) electrons. The fourth-order valence-corrected chi connectivity index (χ4v) is 4.23. The number of aromatic amines is 1. The number of hydrogen-bond acceptors (Lipinski definition) is 6. The molecule has 1 aliphatic heterocycles. The molecular weight excluding hydrogens is 378 g/mol. The Morgan fingerprint density at radius 1 is 1.20 bits per heavy atom. The van der Waals surface area contributed by atoms with Gasteiger partial charge in [-0.3, -0.25) is 9.89 Å². The van der Waals surface area contributed by atoms with Crippen molar-refractivity contribution in [2.24, 2.45) is 0 Å². The summed E-state index contributed by atoms with van der Waals surface area (Å²) in [6.07, 6.45) is 10.5. The Bertz CT molecular complexity index is 1040. The number of anilines is 1. The summed E-state index contributed by atoms with van der Waals surface area (Å²) >= 11 is 0. The Morgan fingerprint density at radius 3 is 2.53 bits per heavy atom. The van der Waals surface area contributed by atoms with Gasteiger partial charge in [0.05, 0.1) is 5.69 Å². The zero-order valence-electron chi connectivity index (χ0n) is 16.7. The van der Waals surface area contributed by atoms with E-state index in [0.29, 0.717) is 25.1 Å². The van der Waals surface area contributed by atoms with Crippen LogP contribution in [0.25, 0.3) is 6.08 Å². The number of benzene rings is 1. The lowest BCUT2D eigenvalue weighted by molar-refractivity contribution is -0.133. The minimum Gasteiger partial charge on any atom is -0.351 e. The molecular formula is C22H23N7O. The van der Waals surface area contributed by atoms with Gasteiger partial charge in [0.2, 0.25) is 11.9 Å². The van der Waals surface area contributed by atoms with Crippen LogP contribution in [0.1, 0.15) is 29.3 Å². The second kappa shape index (κ2) is 7.37. The van der Waals surface area contributed by atoms with Crippen molar-refractivity contribution < 1.29 is 4.79 Å². The van der Waals surface area contributed by atoms with E-state index in [9.17, 15) is 4.79 Å². The molecule has 0 unspecified atom stereocenters. The smallest absolute Gasteiger partial charge is 0.246 e. The maximum Gasteiger partial charge on any atom is 0.246 e. The highest BCUT2D eigenvalue weighted by Gasteiger charge is 2.43. The van der Waals surface area contributed by atoms with Crippen molar-refractivity contribution in [3.05, 3.63) is 71.3 Å². The predicted octanol–water partition coefficient (Wildman–Crippen LogP) is 1.99. The minimum absolute atomic E-state index is 0.0260. The average Bonchev–Trinajstić information content (AvgIpc) is 3.40. The summed E-state index contributed by atoms with van der Waals surface area (Å²) in [7, 11) is 0. The summed E-state index contributed by atoms with van der Waals surface area (Å²) in [6, 6.07) is 8.82. The van der Waals surface area contributed by atoms with Crippen LogP contribution in [0.5, 0.6) is 0 Å². The molecule has 0 spiro atoms. The molecule has 30 heavy (non-hydrogen) atoms. The molecule has 1 fully saturated rings. The molecule has 2 aliphatic rings. The monoisotopic (exact) mass is 401 g/mol. The molecule has 3 heterocycles. The van der Waals surface area contributed by atoms with Crippen molar-refractivity contribution >= 4 is 17.9 Å². The Morgan fingerprint density at radius 2 is 1.90 bits per heavy atom. The van der Waals surface area contributed by atoms with Crippen LogP contribution in [-0.4, -0.2) is 55.3 Å². The Labute approximate surface area is 174 Å². The van der Waals surface area contributed by atoms with Crippen molar-refractivity contribution in [2.45, 2.75) is 31.2 Å². The van der Waals surface area contributed by atoms with E-state index in [-0.39, 0.29) is 11.3 Å². The number of carbonyl (C=O) groups excluding carboxylic acids is 1. The molecule has 5 rings (SSSR count). The Balaban J connectivity index is 1.14. The van der Waals surface area contributed by atoms with E-state index in [1.165, 1.54) is 11.1 Å². The third-order valence-corrected chi connectivity index (χ3v) is 5.90. The Kier molecular flexibility index (Phi) is 4.54. The van der Waals surface area contributed by atoms with Crippen LogP contribution in [0.3, 0.4) is 0 Å². The summed E-state index contributed by atoms with van der Waals surface area (Å²) in [5.74, 6) is 0.587. The van der Waals surface area contributed by atoms with Gasteiger partial charge in [-0.2, -0.15) is 0 Å². The molecule has 0 saturated carbocycles. The fourth-order valence-electron chi connectivity index (χ4n) is 4.23. The quantitative estimate of drug-likeness (QED) is 0.634. The number of likely N-dealkylation sites (tertiary alicyclic amines) is 1. The number of aromatic nitrogens is 5. The van der Waals surface area contributed by atoms with Crippen LogP contribution in [0.15, 0.2) is 48.9 Å². The molecule has 8 heteroatoms. The summed E-state index contributed by atoms with van der Waals surface area (Å²) in [5, 5.41) is 14.0. The highest BCUT2D eigenvalue weighted by Crippen LogP contribution is 2.32. The topological polar surface area (TPSA) is 99.7 Å². The summed E-state index contributed by atoms with van der Waals surface area (Å²) in [5.41, 5.74) is 4.32. The highest BCUT2D eigenvalue weighted by molar-refractivity contribution is 5.92. The number of hydrogen-bond donors (Lipinski definition) is 2. The van der Waals surface area contributed by atoms with Gasteiger partial charge < -0.3 is 10.2 Å². The van der Waals surface area contributed by atoms with Crippen molar-refractivity contribution in [2.75, 3.05) is 18.4 Å². The number of nitrogens with one attached hydrogen (secondary N) is 2. The number of fused-ring (bicyclic) bond motifs is 1. The van der Waals surface area contributed by atoms with Crippen LogP contribution in [0.4, 0.5) is 5.95 Å². The first kappa shape index (κ1) is 18.5. The molecule has 1 aliphatic carbocycles. The minimum atomic E-state index is -0.132. The van der Waals surface area contributed by atoms with Gasteiger partial charge in [0.25, 0.3) is 0 Å². The molecule has 2 aromatic heterocycles. The Hall–Kier alpha value is -3.55. The molecule has 1 aromatic carbocycles. The van der Waals surface area contributed by atoms with E-state index in [4.69, 9.17) is 0 Å². The van der Waals surface area contributed by atoms with Crippen LogP contribution >= 0.6 is 0 Å². The van der Waals surface area contributed by atoms with Crippen LogP contribution in [0.2, 0.25) is 0 Å². The predicted molar refractivity (Wildman–Crippen MR) is 113 cm³/mol. The van der Waals surface area contributed by atoms with E-state index in [1.807, 2.05) is 0 Å². The van der Waals surface area contributed by atoms with E-state index >= 15 is 0 Å². The fraction of sp³-hybridized carbons (Fsp3) is 0.318. The van der Waals surface area contributed by atoms with Gasteiger partial charge in [-0.25, -0.2) is 9.97 Å². The first-order valence-electron chi connectivity index (χ1n) is 10.1. The molecule has 2 N–H and O–H groups in total. The van der Waals surface area contributed by atoms with Crippen molar-refractivity contribution in [1.82, 2.24) is 30.3 Å². The van der Waals surface area contributed by atoms with Gasteiger partial charge >= 0.3 is 0 Å². The molecule has 8 nitrogen and oxygen atoms in total. The van der Waals surface area contributed by atoms with Crippen LogP contribution in [0, 0.1) is 0 Å². The molecule has 3 aromatic rings. The number of amides is 1. The van der Waals surface area contributed by atoms with Crippen LogP contribution < -0.4 is 5.32 Å². The molecule has 152 valence electrons. The second-order valence-electron chi connectivity index (χ2n) is 8.31. The summed E-state index contributed by atoms with van der Waals surface area (Å²) in [6.45, 7) is 3.35. The van der Waals surface area contributed by atoms with Crippen molar-refractivity contribution in [1.29, 1.82) is 0 Å². The third kappa shape index (κ3) is 3.56. The first-order chi connectivity index (χ1) is 14.6. The van der Waals surface area contributed by atoms with E-state index in [1.54, 1.807) is 35.6 Å². The van der Waals surface area contributed by atoms with Gasteiger partial charge in [-0.15, -0.1) is 5.10 Å². The normalized spacial score (nSPS) is 17.7. The van der Waals surface area contributed by atoms with Gasteiger partial charge in [0, 0.05) is 54.8 Å². The molecule has 1 saturated heterocycles. The van der Waals surface area contributed by atoms with Gasteiger partial charge in [0.15, 0.2) is 0 Å².